The van der Waals surface area contributed by atoms with Crippen LogP contribution in [-0.4, -0.2) is 9.97 Å². The molecule has 74 valence electrons. The van der Waals surface area contributed by atoms with E-state index in [0.717, 1.165) is 14.7 Å². The number of nitrogens with zero attached hydrogens (tertiary/aromatic N) is 2. The molecule has 0 saturated heterocycles. The van der Waals surface area contributed by atoms with Gasteiger partial charge < -0.3 is 0 Å². The summed E-state index contributed by atoms with van der Waals surface area (Å²) < 4.78 is 0. The van der Waals surface area contributed by atoms with Gasteiger partial charge in [0.1, 0.15) is 5.01 Å². The van der Waals surface area contributed by atoms with Crippen LogP contribution >= 0.6 is 22.7 Å². The van der Waals surface area contributed by atoms with Crippen molar-refractivity contribution in [2.24, 2.45) is 0 Å². The predicted molar refractivity (Wildman–Crippen MR) is 65.5 cm³/mol. The second-order valence-corrected chi connectivity index (χ2v) is 5.16. The fourth-order valence-electron chi connectivity index (χ4n) is 1.40. The third kappa shape index (κ3) is 1.56. The van der Waals surface area contributed by atoms with Gasteiger partial charge in [-0.2, -0.15) is 0 Å². The van der Waals surface area contributed by atoms with E-state index < -0.39 is 0 Å². The number of thiazole rings is 2. The van der Waals surface area contributed by atoms with Crippen molar-refractivity contribution in [3.63, 3.8) is 0 Å². The summed E-state index contributed by atoms with van der Waals surface area (Å²) in [6.45, 7) is 2.09. The third-order valence-corrected chi connectivity index (χ3v) is 4.07. The van der Waals surface area contributed by atoms with Crippen molar-refractivity contribution in [2.75, 3.05) is 0 Å². The summed E-state index contributed by atoms with van der Waals surface area (Å²) in [6, 6.07) is 8.44. The topological polar surface area (TPSA) is 25.8 Å². The molecule has 0 aliphatic heterocycles. The molecular weight excluding hydrogens is 224 g/mol. The molecule has 0 radical (unpaired) electrons. The number of rotatable bonds is 1. The third-order valence-electron chi connectivity index (χ3n) is 2.21. The summed E-state index contributed by atoms with van der Waals surface area (Å²) in [5.74, 6) is 0. The first-order valence-electron chi connectivity index (χ1n) is 4.60. The zero-order valence-electron chi connectivity index (χ0n) is 8.10. The van der Waals surface area contributed by atoms with E-state index in [4.69, 9.17) is 0 Å². The molecule has 0 saturated carbocycles. The number of hydrogen-bond acceptors (Lipinski definition) is 4. The molecule has 15 heavy (non-hydrogen) atoms. The van der Waals surface area contributed by atoms with E-state index in [2.05, 4.69) is 41.2 Å². The van der Waals surface area contributed by atoms with Crippen LogP contribution in [0.5, 0.6) is 0 Å². The van der Waals surface area contributed by atoms with Crippen LogP contribution in [0.2, 0.25) is 0 Å². The quantitative estimate of drug-likeness (QED) is 0.639. The summed E-state index contributed by atoms with van der Waals surface area (Å²) in [5.41, 5.74) is 4.29. The zero-order valence-corrected chi connectivity index (χ0v) is 9.73. The Morgan fingerprint density at radius 1 is 1.07 bits per heavy atom. The van der Waals surface area contributed by atoms with Gasteiger partial charge in [0.05, 0.1) is 5.51 Å². The summed E-state index contributed by atoms with van der Waals surface area (Å²) in [6.07, 6.45) is 0. The van der Waals surface area contributed by atoms with Gasteiger partial charge in [-0.05, 0) is 6.92 Å². The molecule has 1 aromatic carbocycles. The highest BCUT2D eigenvalue weighted by Gasteiger charge is 2.07. The molecule has 2 aromatic heterocycles. The molecule has 4 heteroatoms. The van der Waals surface area contributed by atoms with Gasteiger partial charge in [0, 0.05) is 5.56 Å². The van der Waals surface area contributed by atoms with Crippen LogP contribution in [0.4, 0.5) is 0 Å². The summed E-state index contributed by atoms with van der Waals surface area (Å²) in [7, 11) is 0. The zero-order chi connectivity index (χ0) is 10.3. The molecule has 0 unspecified atom stereocenters. The minimum atomic E-state index is 1.04. The van der Waals surface area contributed by atoms with Gasteiger partial charge in [0.25, 0.3) is 0 Å². The van der Waals surface area contributed by atoms with Crippen molar-refractivity contribution in [3.8, 4) is 10.6 Å². The van der Waals surface area contributed by atoms with E-state index in [-0.39, 0.29) is 0 Å². The first kappa shape index (κ1) is 9.00. The molecule has 0 bridgehead atoms. The minimum absolute atomic E-state index is 1.04. The van der Waals surface area contributed by atoms with E-state index in [1.807, 2.05) is 5.51 Å². The van der Waals surface area contributed by atoms with E-state index in [0.29, 0.717) is 0 Å². The molecule has 3 rings (SSSR count). The molecule has 0 spiro atoms. The van der Waals surface area contributed by atoms with Crippen LogP contribution in [-0.2, 0) is 0 Å². The molecule has 2 heterocycles. The summed E-state index contributed by atoms with van der Waals surface area (Å²) in [5, 5.41) is 1.06. The Kier molecular flexibility index (Phi) is 2.04. The van der Waals surface area contributed by atoms with Gasteiger partial charge in [-0.25, -0.2) is 9.97 Å². The number of aryl methyl sites for hydroxylation is 1. The maximum atomic E-state index is 4.55. The van der Waals surface area contributed by atoms with Crippen LogP contribution in [0.25, 0.3) is 20.2 Å². The predicted octanol–water partition coefficient (Wildman–Crippen LogP) is 3.73. The van der Waals surface area contributed by atoms with E-state index in [1.54, 1.807) is 22.7 Å². The van der Waals surface area contributed by atoms with Gasteiger partial charge in [-0.15, -0.1) is 11.3 Å². The van der Waals surface area contributed by atoms with Crippen LogP contribution < -0.4 is 0 Å². The lowest BCUT2D eigenvalue weighted by molar-refractivity contribution is 1.45. The van der Waals surface area contributed by atoms with Crippen molar-refractivity contribution < 1.29 is 0 Å². The average molecular weight is 232 g/mol. The standard InChI is InChI=1S/C11H8N2S2/c1-7-2-4-8(5-3-7)9-13-11-10(15-9)12-6-14-11/h2-6H,1H3. The molecule has 0 N–H and O–H groups in total. The smallest absolute Gasteiger partial charge is 0.155 e. The first-order valence-corrected chi connectivity index (χ1v) is 6.29. The lowest BCUT2D eigenvalue weighted by atomic mass is 10.2. The lowest BCUT2D eigenvalue weighted by Gasteiger charge is -1.95. The number of hydrogen-bond donors (Lipinski definition) is 0. The van der Waals surface area contributed by atoms with Crippen LogP contribution in [0.3, 0.4) is 0 Å². The van der Waals surface area contributed by atoms with Gasteiger partial charge in [0.2, 0.25) is 0 Å². The Balaban J connectivity index is 2.13. The highest BCUT2D eigenvalue weighted by atomic mass is 32.1. The molecule has 0 aliphatic rings. The highest BCUT2D eigenvalue weighted by Crippen LogP contribution is 2.31. The molecular formula is C11H8N2S2. The Morgan fingerprint density at radius 3 is 2.60 bits per heavy atom. The van der Waals surface area contributed by atoms with Crippen molar-refractivity contribution >= 4 is 32.3 Å². The summed E-state index contributed by atoms with van der Waals surface area (Å²) >= 11 is 3.25. The number of fused-ring (bicyclic) bond motifs is 1. The van der Waals surface area contributed by atoms with Crippen molar-refractivity contribution in [1.29, 1.82) is 0 Å². The number of benzene rings is 1. The van der Waals surface area contributed by atoms with E-state index >= 15 is 0 Å². The second-order valence-electron chi connectivity index (χ2n) is 3.35. The van der Waals surface area contributed by atoms with Crippen molar-refractivity contribution in [1.82, 2.24) is 9.97 Å². The van der Waals surface area contributed by atoms with Crippen LogP contribution in [0.1, 0.15) is 5.56 Å². The van der Waals surface area contributed by atoms with Gasteiger partial charge in [-0.3, -0.25) is 0 Å². The van der Waals surface area contributed by atoms with Crippen LogP contribution in [0, 0.1) is 6.92 Å². The maximum Gasteiger partial charge on any atom is 0.155 e. The molecule has 3 aromatic rings. The molecule has 0 atom stereocenters. The molecule has 0 fully saturated rings. The normalized spacial score (nSPS) is 11.0. The fraction of sp³-hybridized carbons (Fsp3) is 0.0909. The van der Waals surface area contributed by atoms with Crippen molar-refractivity contribution in [2.45, 2.75) is 6.92 Å². The molecule has 0 aliphatic carbocycles. The maximum absolute atomic E-state index is 4.55. The average Bonchev–Trinajstić information content (AvgIpc) is 2.78. The first-order chi connectivity index (χ1) is 7.33. The summed E-state index contributed by atoms with van der Waals surface area (Å²) in [4.78, 5) is 10.9. The fourth-order valence-corrected chi connectivity index (χ4v) is 3.16. The Hall–Kier alpha value is -1.26. The lowest BCUT2D eigenvalue weighted by Crippen LogP contribution is -1.75. The van der Waals surface area contributed by atoms with E-state index in [9.17, 15) is 0 Å². The SMILES string of the molecule is Cc1ccc(-c2nc3scnc3s2)cc1. The largest absolute Gasteiger partial charge is 0.232 e. The number of aromatic nitrogens is 2. The molecule has 2 nitrogen and oxygen atoms in total. The molecule has 0 amide bonds. The second kappa shape index (κ2) is 3.40. The van der Waals surface area contributed by atoms with Gasteiger partial charge >= 0.3 is 0 Å². The minimum Gasteiger partial charge on any atom is -0.232 e. The van der Waals surface area contributed by atoms with Crippen molar-refractivity contribution in [3.05, 3.63) is 35.3 Å². The Morgan fingerprint density at radius 2 is 1.87 bits per heavy atom. The Bertz CT molecular complexity index is 564. The van der Waals surface area contributed by atoms with Crippen LogP contribution in [0.15, 0.2) is 29.8 Å². The monoisotopic (exact) mass is 232 g/mol. The van der Waals surface area contributed by atoms with Gasteiger partial charge in [0.15, 0.2) is 9.66 Å². The van der Waals surface area contributed by atoms with E-state index in [1.165, 1.54) is 11.1 Å². The Labute approximate surface area is 95.3 Å². The highest BCUT2D eigenvalue weighted by molar-refractivity contribution is 7.27. The van der Waals surface area contributed by atoms with Gasteiger partial charge in [-0.1, -0.05) is 41.2 Å².